The highest BCUT2D eigenvalue weighted by atomic mass is 16.2. The summed E-state index contributed by atoms with van der Waals surface area (Å²) in [5.41, 5.74) is 6.77. The first-order valence-corrected chi connectivity index (χ1v) is 6.07. The topological polar surface area (TPSA) is 46.3 Å². The van der Waals surface area contributed by atoms with Gasteiger partial charge in [0.05, 0.1) is 0 Å². The number of nitrogens with zero attached hydrogens (tertiary/aromatic N) is 1. The predicted octanol–water partition coefficient (Wildman–Crippen LogP) is 2.17. The van der Waals surface area contributed by atoms with E-state index in [-0.39, 0.29) is 11.9 Å². The van der Waals surface area contributed by atoms with Crippen molar-refractivity contribution in [3.8, 4) is 0 Å². The lowest BCUT2D eigenvalue weighted by atomic mass is 10.0. The molecule has 0 spiro atoms. The van der Waals surface area contributed by atoms with Crippen molar-refractivity contribution in [2.45, 2.75) is 46.6 Å². The molecule has 0 radical (unpaired) electrons. The average molecular weight is 226 g/mol. The molecule has 0 fully saturated rings. The Bertz CT molecular complexity index is 246. The summed E-state index contributed by atoms with van der Waals surface area (Å²) >= 11 is 0. The molecule has 16 heavy (non-hydrogen) atoms. The molecular formula is C13H26N2O. The van der Waals surface area contributed by atoms with Gasteiger partial charge in [0.2, 0.25) is 5.91 Å². The lowest BCUT2D eigenvalue weighted by Crippen LogP contribution is -2.34. The molecule has 0 aromatic carbocycles. The number of hydrogen-bond donors (Lipinski definition) is 1. The molecule has 0 bridgehead atoms. The standard InChI is InChI=1S/C13H26N2O/c1-6-7-11(4)13(16)15(5)9-8-12(14)10(2)3/h7,10,12H,6,8-9,14H2,1-5H3/b11-7+. The fraction of sp³-hybridized carbons (Fsp3) is 0.769. The summed E-state index contributed by atoms with van der Waals surface area (Å²) < 4.78 is 0. The third-order valence-electron chi connectivity index (χ3n) is 2.85. The van der Waals surface area contributed by atoms with E-state index in [0.717, 1.165) is 25.0 Å². The second kappa shape index (κ2) is 7.44. The van der Waals surface area contributed by atoms with Gasteiger partial charge in [0.15, 0.2) is 0 Å². The molecule has 0 aliphatic carbocycles. The molecule has 94 valence electrons. The van der Waals surface area contributed by atoms with E-state index in [0.29, 0.717) is 5.92 Å². The van der Waals surface area contributed by atoms with Crippen molar-refractivity contribution in [3.63, 3.8) is 0 Å². The van der Waals surface area contributed by atoms with Crippen LogP contribution >= 0.6 is 0 Å². The highest BCUT2D eigenvalue weighted by Gasteiger charge is 2.13. The zero-order valence-electron chi connectivity index (χ0n) is 11.3. The van der Waals surface area contributed by atoms with Crippen molar-refractivity contribution in [2.24, 2.45) is 11.7 Å². The number of amides is 1. The minimum absolute atomic E-state index is 0.109. The molecule has 0 aliphatic rings. The summed E-state index contributed by atoms with van der Waals surface area (Å²) in [5, 5.41) is 0. The largest absolute Gasteiger partial charge is 0.342 e. The van der Waals surface area contributed by atoms with Gasteiger partial charge in [0, 0.05) is 25.2 Å². The Labute approximate surface area is 99.7 Å². The number of allylic oxidation sites excluding steroid dienone is 1. The Balaban J connectivity index is 4.11. The highest BCUT2D eigenvalue weighted by molar-refractivity contribution is 5.92. The predicted molar refractivity (Wildman–Crippen MR) is 69.1 cm³/mol. The van der Waals surface area contributed by atoms with Gasteiger partial charge in [-0.3, -0.25) is 4.79 Å². The van der Waals surface area contributed by atoms with Crippen LogP contribution < -0.4 is 5.73 Å². The van der Waals surface area contributed by atoms with Crippen LogP contribution in [-0.4, -0.2) is 30.4 Å². The summed E-state index contributed by atoms with van der Waals surface area (Å²) in [6.45, 7) is 8.84. The van der Waals surface area contributed by atoms with Crippen LogP contribution in [0.15, 0.2) is 11.6 Å². The van der Waals surface area contributed by atoms with Gasteiger partial charge >= 0.3 is 0 Å². The fourth-order valence-electron chi connectivity index (χ4n) is 1.47. The van der Waals surface area contributed by atoms with E-state index in [1.165, 1.54) is 0 Å². The van der Waals surface area contributed by atoms with Crippen LogP contribution in [0, 0.1) is 5.92 Å². The van der Waals surface area contributed by atoms with Crippen LogP contribution in [0.25, 0.3) is 0 Å². The molecule has 0 heterocycles. The highest BCUT2D eigenvalue weighted by Crippen LogP contribution is 2.06. The Morgan fingerprint density at radius 2 is 2.00 bits per heavy atom. The zero-order valence-corrected chi connectivity index (χ0v) is 11.3. The second-order valence-electron chi connectivity index (χ2n) is 4.72. The SMILES string of the molecule is CC/C=C(\C)C(=O)N(C)CCC(N)C(C)C. The zero-order chi connectivity index (χ0) is 12.7. The fourth-order valence-corrected chi connectivity index (χ4v) is 1.47. The Hall–Kier alpha value is -0.830. The Morgan fingerprint density at radius 3 is 2.44 bits per heavy atom. The number of carbonyl (C=O) groups excluding carboxylic acids is 1. The first kappa shape index (κ1) is 15.2. The monoisotopic (exact) mass is 226 g/mol. The van der Waals surface area contributed by atoms with Crippen molar-refractivity contribution in [2.75, 3.05) is 13.6 Å². The number of likely N-dealkylation sites (N-methyl/N-ethyl adjacent to an activating group) is 1. The number of carbonyl (C=O) groups is 1. The number of hydrogen-bond acceptors (Lipinski definition) is 2. The average Bonchev–Trinajstić information content (AvgIpc) is 2.24. The molecule has 0 aromatic heterocycles. The number of nitrogens with two attached hydrogens (primary N) is 1. The molecular weight excluding hydrogens is 200 g/mol. The summed E-state index contributed by atoms with van der Waals surface area (Å²) in [5.74, 6) is 0.577. The molecule has 0 saturated heterocycles. The van der Waals surface area contributed by atoms with E-state index in [2.05, 4.69) is 13.8 Å². The van der Waals surface area contributed by atoms with Gasteiger partial charge in [-0.1, -0.05) is 26.8 Å². The van der Waals surface area contributed by atoms with Crippen molar-refractivity contribution < 1.29 is 4.79 Å². The van der Waals surface area contributed by atoms with E-state index in [4.69, 9.17) is 5.73 Å². The molecule has 3 nitrogen and oxygen atoms in total. The summed E-state index contributed by atoms with van der Waals surface area (Å²) in [6, 6.07) is 0.172. The van der Waals surface area contributed by atoms with Crippen molar-refractivity contribution >= 4 is 5.91 Å². The summed E-state index contributed by atoms with van der Waals surface area (Å²) in [7, 11) is 1.84. The molecule has 0 aliphatic heterocycles. The molecule has 1 atom stereocenters. The summed E-state index contributed by atoms with van der Waals surface area (Å²) in [6.07, 6.45) is 3.72. The van der Waals surface area contributed by atoms with Crippen LogP contribution in [0.1, 0.15) is 40.5 Å². The lowest BCUT2D eigenvalue weighted by molar-refractivity contribution is -0.125. The van der Waals surface area contributed by atoms with E-state index in [1.54, 1.807) is 4.90 Å². The first-order valence-electron chi connectivity index (χ1n) is 6.07. The van der Waals surface area contributed by atoms with Crippen LogP contribution in [-0.2, 0) is 4.79 Å². The molecule has 1 amide bonds. The van der Waals surface area contributed by atoms with E-state index < -0.39 is 0 Å². The van der Waals surface area contributed by atoms with Gasteiger partial charge in [-0.2, -0.15) is 0 Å². The van der Waals surface area contributed by atoms with Crippen molar-refractivity contribution in [1.29, 1.82) is 0 Å². The van der Waals surface area contributed by atoms with Gasteiger partial charge in [0.25, 0.3) is 0 Å². The minimum atomic E-state index is 0.109. The minimum Gasteiger partial charge on any atom is -0.342 e. The molecule has 3 heteroatoms. The Kier molecular flexibility index (Phi) is 7.06. The van der Waals surface area contributed by atoms with Gasteiger partial charge in [-0.15, -0.1) is 0 Å². The summed E-state index contributed by atoms with van der Waals surface area (Å²) in [4.78, 5) is 13.6. The third kappa shape index (κ3) is 5.31. The van der Waals surface area contributed by atoms with Crippen molar-refractivity contribution in [1.82, 2.24) is 4.90 Å². The van der Waals surface area contributed by atoms with Crippen LogP contribution in [0.5, 0.6) is 0 Å². The van der Waals surface area contributed by atoms with Gasteiger partial charge in [-0.25, -0.2) is 0 Å². The third-order valence-corrected chi connectivity index (χ3v) is 2.85. The lowest BCUT2D eigenvalue weighted by Gasteiger charge is -2.21. The molecule has 1 unspecified atom stereocenters. The maximum absolute atomic E-state index is 11.8. The smallest absolute Gasteiger partial charge is 0.248 e. The normalized spacial score (nSPS) is 14.1. The van der Waals surface area contributed by atoms with Crippen LogP contribution in [0.3, 0.4) is 0 Å². The molecule has 0 rings (SSSR count). The second-order valence-corrected chi connectivity index (χ2v) is 4.72. The van der Waals surface area contributed by atoms with Crippen LogP contribution in [0.2, 0.25) is 0 Å². The van der Waals surface area contributed by atoms with Crippen molar-refractivity contribution in [3.05, 3.63) is 11.6 Å². The van der Waals surface area contributed by atoms with Gasteiger partial charge < -0.3 is 10.6 Å². The maximum Gasteiger partial charge on any atom is 0.248 e. The van der Waals surface area contributed by atoms with E-state index >= 15 is 0 Å². The maximum atomic E-state index is 11.8. The number of rotatable bonds is 6. The van der Waals surface area contributed by atoms with E-state index in [9.17, 15) is 4.79 Å². The van der Waals surface area contributed by atoms with E-state index in [1.807, 2.05) is 27.0 Å². The van der Waals surface area contributed by atoms with Gasteiger partial charge in [-0.05, 0) is 25.7 Å². The first-order chi connectivity index (χ1) is 7.40. The molecule has 2 N–H and O–H groups in total. The quantitative estimate of drug-likeness (QED) is 0.706. The molecule has 0 saturated carbocycles. The Morgan fingerprint density at radius 1 is 1.44 bits per heavy atom. The van der Waals surface area contributed by atoms with Gasteiger partial charge in [0.1, 0.15) is 0 Å². The van der Waals surface area contributed by atoms with Crippen LogP contribution in [0.4, 0.5) is 0 Å². The molecule has 0 aromatic rings.